The van der Waals surface area contributed by atoms with Crippen molar-refractivity contribution in [2.24, 2.45) is 0 Å². The molecule has 0 unspecified atom stereocenters. The maximum absolute atomic E-state index is 13.7. The molecule has 4 aliphatic heterocycles. The van der Waals surface area contributed by atoms with Gasteiger partial charge in [-0.15, -0.1) is 11.6 Å². The van der Waals surface area contributed by atoms with E-state index >= 15 is 0 Å². The molecule has 0 bridgehead atoms. The normalized spacial score (nSPS) is 17.3. The molecule has 306 valence electrons. The van der Waals surface area contributed by atoms with Crippen molar-refractivity contribution in [3.63, 3.8) is 0 Å². The number of amides is 1. The fraction of sp³-hybridized carbons (Fsp3) is 0.545. The summed E-state index contributed by atoms with van der Waals surface area (Å²) >= 11 is 2.66. The van der Waals surface area contributed by atoms with Crippen molar-refractivity contribution in [1.82, 2.24) is 5.32 Å². The van der Waals surface area contributed by atoms with Gasteiger partial charge in [0, 0.05) is 12.5 Å². The zero-order valence-electron chi connectivity index (χ0n) is 34.2. The molecule has 0 saturated carbocycles. The van der Waals surface area contributed by atoms with Gasteiger partial charge in [0.25, 0.3) is 0 Å². The number of hydrogen-bond donors (Lipinski definition) is 3. The molecule has 0 aliphatic carbocycles. The number of hydrogen-bond acceptors (Lipinski definition) is 9. The van der Waals surface area contributed by atoms with Crippen molar-refractivity contribution in [1.29, 1.82) is 0 Å². The monoisotopic (exact) mass is 853 g/mol. The number of ether oxygens (including phenoxy) is 3. The first-order valence-corrected chi connectivity index (χ1v) is 27.4. The Morgan fingerprint density at radius 1 is 0.804 bits per heavy atom. The van der Waals surface area contributed by atoms with Crippen LogP contribution >= 0.6 is 11.6 Å². The number of halogens is 1. The molecule has 0 atom stereocenters. The number of β-amino-alcohol motifs (C(OH)–C–C–N with tert-alkyl or cyclic N) is 2. The summed E-state index contributed by atoms with van der Waals surface area (Å²) < 4.78 is 20.3. The second kappa shape index (κ2) is 20.0. The summed E-state index contributed by atoms with van der Waals surface area (Å²) in [5.41, 5.74) is 4.29. The molecule has 1 spiro atoms. The van der Waals surface area contributed by atoms with Crippen LogP contribution in [0.5, 0.6) is 0 Å². The molecule has 56 heavy (non-hydrogen) atoms. The number of nitrogens with one attached hydrogen (secondary N) is 1. The van der Waals surface area contributed by atoms with Crippen LogP contribution in [0.1, 0.15) is 97.2 Å². The van der Waals surface area contributed by atoms with E-state index in [4.69, 9.17) is 25.8 Å². The molecule has 10 nitrogen and oxygen atoms in total. The third kappa shape index (κ3) is 9.26. The molecule has 3 aromatic rings. The maximum atomic E-state index is 13.7. The van der Waals surface area contributed by atoms with Gasteiger partial charge < -0.3 is 4.74 Å². The van der Waals surface area contributed by atoms with E-state index in [1.165, 1.54) is 15.2 Å². The van der Waals surface area contributed by atoms with Crippen LogP contribution in [0.4, 0.5) is 11.4 Å². The molecule has 3 aromatic carbocycles. The van der Waals surface area contributed by atoms with Gasteiger partial charge >= 0.3 is 247 Å². The Hall–Kier alpha value is -3.13. The summed E-state index contributed by atoms with van der Waals surface area (Å²) in [5.74, 6) is 4.77. The average molecular weight is 853 g/mol. The van der Waals surface area contributed by atoms with Gasteiger partial charge in [0.2, 0.25) is 0 Å². The van der Waals surface area contributed by atoms with Gasteiger partial charge in [0.15, 0.2) is 0 Å². The molecule has 3 N–H and O–H groups in total. The number of fused-ring (bicyclic) bond motifs is 6. The van der Waals surface area contributed by atoms with Gasteiger partial charge in [-0.25, -0.2) is 0 Å². The van der Waals surface area contributed by atoms with Gasteiger partial charge in [0.05, 0.1) is 6.61 Å². The SMILES string of the molecule is CC.CCC.[CH3][Ge]1([CH3])[c]2cc(N3CC(O)C3)ccc2C2(OC(=O)c3ccc(C(=O)NCCOCCOCCCCCCCl)cc32)c2ccc(N3CC(O)C3)c[c]21. The number of anilines is 2. The fourth-order valence-corrected chi connectivity index (χ4v) is 14.7. The summed E-state index contributed by atoms with van der Waals surface area (Å²) in [6, 6.07) is 18.0. The van der Waals surface area contributed by atoms with Crippen molar-refractivity contribution < 1.29 is 34.0 Å². The Labute approximate surface area is 341 Å². The third-order valence-corrected chi connectivity index (χ3v) is 18.4. The predicted octanol–water partition coefficient (Wildman–Crippen LogP) is 5.65. The van der Waals surface area contributed by atoms with Gasteiger partial charge in [-0.2, -0.15) is 0 Å². The van der Waals surface area contributed by atoms with Crippen molar-refractivity contribution >= 4 is 56.9 Å². The number of alkyl halides is 1. The van der Waals surface area contributed by atoms with E-state index in [0.717, 1.165) is 48.2 Å². The Morgan fingerprint density at radius 3 is 1.88 bits per heavy atom. The van der Waals surface area contributed by atoms with E-state index in [0.29, 0.717) is 81.7 Å². The minimum atomic E-state index is -3.06. The number of nitrogens with zero attached hydrogens (tertiary/aromatic N) is 2. The van der Waals surface area contributed by atoms with Gasteiger partial charge in [-0.3, -0.25) is 0 Å². The summed E-state index contributed by atoms with van der Waals surface area (Å²) in [7, 11) is 0. The number of esters is 1. The Kier molecular flexibility index (Phi) is 15.7. The van der Waals surface area contributed by atoms with Crippen LogP contribution in [-0.2, 0) is 19.8 Å². The fourth-order valence-electron chi connectivity index (χ4n) is 7.85. The predicted molar refractivity (Wildman–Crippen MR) is 228 cm³/mol. The molecule has 12 heteroatoms. The molecule has 0 aromatic heterocycles. The number of aliphatic hydroxyl groups is 2. The van der Waals surface area contributed by atoms with Crippen LogP contribution in [0, 0.1) is 0 Å². The van der Waals surface area contributed by atoms with Gasteiger partial charge in [0.1, 0.15) is 0 Å². The molecule has 4 heterocycles. The molecular weight excluding hydrogens is 791 g/mol. The second-order valence-corrected chi connectivity index (χ2v) is 24.8. The van der Waals surface area contributed by atoms with Crippen LogP contribution in [0.15, 0.2) is 54.6 Å². The summed E-state index contributed by atoms with van der Waals surface area (Å²) in [4.78, 5) is 31.5. The molecule has 2 saturated heterocycles. The van der Waals surface area contributed by atoms with E-state index < -0.39 is 24.8 Å². The van der Waals surface area contributed by atoms with Gasteiger partial charge in [-0.05, 0) is 12.8 Å². The number of benzene rings is 3. The van der Waals surface area contributed by atoms with Crippen LogP contribution in [-0.4, -0.2) is 113 Å². The first-order valence-electron chi connectivity index (χ1n) is 20.6. The number of carbonyl (C=O) groups is 2. The summed E-state index contributed by atoms with van der Waals surface area (Å²) in [6.07, 6.45) is 4.86. The Balaban J connectivity index is 0.00000115. The van der Waals surface area contributed by atoms with Crippen LogP contribution < -0.4 is 23.9 Å². The zero-order chi connectivity index (χ0) is 40.5. The van der Waals surface area contributed by atoms with Crippen molar-refractivity contribution in [2.45, 2.75) is 89.1 Å². The zero-order valence-corrected chi connectivity index (χ0v) is 37.0. The van der Waals surface area contributed by atoms with E-state index in [2.05, 4.69) is 76.9 Å². The summed E-state index contributed by atoms with van der Waals surface area (Å²) in [6.45, 7) is 13.0. The van der Waals surface area contributed by atoms with Crippen molar-refractivity contribution in [3.05, 3.63) is 82.4 Å². The summed E-state index contributed by atoms with van der Waals surface area (Å²) in [5, 5.41) is 23.1. The first-order chi connectivity index (χ1) is 27.0. The van der Waals surface area contributed by atoms with E-state index in [-0.39, 0.29) is 18.1 Å². The van der Waals surface area contributed by atoms with Crippen LogP contribution in [0.3, 0.4) is 0 Å². The minimum absolute atomic E-state index is 0.253. The standard InChI is InChI=1S/C39H48ClGeN3O7.C3H8.C2H6/c1-41(2)35-20-27(43-22-29(45)23-43)8-11-32(35)39(33-12-9-28(21-36(33)41)44-24-30(46)25-44)34-19-26(7-10-31(34)38(48)51-39)37(47)42-14-16-50-18-17-49-15-6-4-3-5-13-40;1-3-2;1-2/h7-12,19-21,29-30,45-46H,3-6,13-18,22-25H2,1-2H3,(H,42,47);3H2,1-2H3;1-2H3. The quantitative estimate of drug-likeness (QED) is 0.0772. The molecule has 2 fully saturated rings. The Bertz CT molecular complexity index is 1720. The number of unbranched alkanes of at least 4 members (excludes halogenated alkanes) is 3. The molecular formula is C44H62ClGeN3O7. The van der Waals surface area contributed by atoms with Gasteiger partial charge in [-0.1, -0.05) is 47.0 Å². The van der Waals surface area contributed by atoms with Crippen molar-refractivity contribution in [3.8, 4) is 0 Å². The molecule has 0 radical (unpaired) electrons. The van der Waals surface area contributed by atoms with E-state index in [1.807, 2.05) is 19.9 Å². The molecule has 7 rings (SSSR count). The van der Waals surface area contributed by atoms with E-state index in [1.54, 1.807) is 12.1 Å². The Morgan fingerprint density at radius 2 is 1.34 bits per heavy atom. The number of carbonyl (C=O) groups excluding carboxylic acids is 2. The third-order valence-electron chi connectivity index (χ3n) is 10.8. The van der Waals surface area contributed by atoms with Crippen molar-refractivity contribution in [2.75, 3.05) is 74.8 Å². The number of aliphatic hydroxyl groups excluding tert-OH is 2. The molecule has 4 aliphatic rings. The molecule has 1 amide bonds. The topological polar surface area (TPSA) is 121 Å². The second-order valence-electron chi connectivity index (χ2n) is 15.3. The first kappa shape index (κ1) is 44.0. The van der Waals surface area contributed by atoms with Crippen LogP contribution in [0.25, 0.3) is 0 Å². The average Bonchev–Trinajstić information content (AvgIpc) is 3.47. The number of rotatable bonds is 15. The van der Waals surface area contributed by atoms with Crippen LogP contribution in [0.2, 0.25) is 11.5 Å². The van der Waals surface area contributed by atoms with E-state index in [9.17, 15) is 19.8 Å².